The second-order valence-electron chi connectivity index (χ2n) is 4.68. The van der Waals surface area contributed by atoms with E-state index in [2.05, 4.69) is 54.0 Å². The summed E-state index contributed by atoms with van der Waals surface area (Å²) in [5, 5.41) is 0. The van der Waals surface area contributed by atoms with Gasteiger partial charge in [-0.1, -0.05) is 50.1 Å². The summed E-state index contributed by atoms with van der Waals surface area (Å²) < 4.78 is 1.08. The molecule has 0 aliphatic carbocycles. The minimum Gasteiger partial charge on any atom is -0.306 e. The molecule has 20 heavy (non-hydrogen) atoms. The number of benzene rings is 2. The number of aromatic nitrogens is 2. The van der Waals surface area contributed by atoms with Crippen LogP contribution in [-0.2, 0) is 6.42 Å². The van der Waals surface area contributed by atoms with Crippen molar-refractivity contribution < 1.29 is 0 Å². The van der Waals surface area contributed by atoms with Crippen molar-refractivity contribution in [3.05, 3.63) is 68.5 Å². The lowest BCUT2D eigenvalue weighted by Gasteiger charge is -2.10. The van der Waals surface area contributed by atoms with Crippen LogP contribution in [0.15, 0.2) is 51.7 Å². The lowest BCUT2D eigenvalue weighted by atomic mass is 10.0. The molecule has 3 rings (SSSR count). The summed E-state index contributed by atoms with van der Waals surface area (Å²) in [6.07, 6.45) is 0.896. The van der Waals surface area contributed by atoms with E-state index in [0.29, 0.717) is 0 Å². The number of H-pyrrole nitrogens is 2. The number of hydrogen-bond acceptors (Lipinski definition) is 1. The zero-order chi connectivity index (χ0) is 14.1. The van der Waals surface area contributed by atoms with Crippen LogP contribution in [0.1, 0.15) is 16.0 Å². The van der Waals surface area contributed by atoms with Gasteiger partial charge in [0.25, 0.3) is 0 Å². The highest BCUT2D eigenvalue weighted by molar-refractivity contribution is 9.10. The molecule has 0 bridgehead atoms. The molecule has 102 valence electrons. The molecule has 0 aliphatic heterocycles. The van der Waals surface area contributed by atoms with Crippen molar-refractivity contribution in [1.82, 2.24) is 9.97 Å². The quantitative estimate of drug-likeness (QED) is 0.638. The number of fused-ring (bicyclic) bond motifs is 1. The van der Waals surface area contributed by atoms with Gasteiger partial charge in [-0.25, -0.2) is 4.79 Å². The summed E-state index contributed by atoms with van der Waals surface area (Å²) in [5.74, 6) is 0. The molecule has 0 saturated heterocycles. The Balaban J connectivity index is 1.85. The van der Waals surface area contributed by atoms with E-state index in [-0.39, 0.29) is 10.5 Å². The van der Waals surface area contributed by atoms with E-state index >= 15 is 0 Å². The molecule has 0 radical (unpaired) electrons. The summed E-state index contributed by atoms with van der Waals surface area (Å²) in [7, 11) is 0. The van der Waals surface area contributed by atoms with E-state index in [1.807, 2.05) is 30.3 Å². The van der Waals surface area contributed by atoms with Crippen LogP contribution in [0.25, 0.3) is 11.0 Å². The lowest BCUT2D eigenvalue weighted by Crippen LogP contribution is -1.99. The van der Waals surface area contributed by atoms with Crippen LogP contribution in [0.3, 0.4) is 0 Å². The maximum atomic E-state index is 11.3. The molecule has 0 spiro atoms. The summed E-state index contributed by atoms with van der Waals surface area (Å²) in [6, 6.07) is 14.3. The maximum absolute atomic E-state index is 11.3. The molecule has 0 amide bonds. The fourth-order valence-electron chi connectivity index (χ4n) is 2.19. The first kappa shape index (κ1) is 13.6. The number of imidazole rings is 1. The van der Waals surface area contributed by atoms with Gasteiger partial charge in [-0.05, 0) is 41.8 Å². The van der Waals surface area contributed by atoms with Gasteiger partial charge in [0.15, 0.2) is 0 Å². The van der Waals surface area contributed by atoms with Gasteiger partial charge in [-0.3, -0.25) is 0 Å². The summed E-state index contributed by atoms with van der Waals surface area (Å²) in [6.45, 7) is 0. The van der Waals surface area contributed by atoms with Crippen molar-refractivity contribution in [3.8, 4) is 0 Å². The van der Waals surface area contributed by atoms with Crippen molar-refractivity contribution >= 4 is 42.9 Å². The predicted molar refractivity (Wildman–Crippen MR) is 88.4 cm³/mol. The molecule has 1 heterocycles. The van der Waals surface area contributed by atoms with Gasteiger partial charge in [0.1, 0.15) is 0 Å². The number of halogens is 2. The number of alkyl halides is 1. The van der Waals surface area contributed by atoms with E-state index in [1.54, 1.807) is 0 Å². The smallest absolute Gasteiger partial charge is 0.306 e. The first-order valence-electron chi connectivity index (χ1n) is 6.22. The molecule has 3 aromatic rings. The van der Waals surface area contributed by atoms with Crippen molar-refractivity contribution in [1.29, 1.82) is 0 Å². The van der Waals surface area contributed by atoms with Gasteiger partial charge < -0.3 is 9.97 Å². The Morgan fingerprint density at radius 3 is 2.45 bits per heavy atom. The molecule has 0 fully saturated rings. The van der Waals surface area contributed by atoms with Gasteiger partial charge in [-0.2, -0.15) is 0 Å². The first-order chi connectivity index (χ1) is 9.61. The molecule has 2 N–H and O–H groups in total. The Morgan fingerprint density at radius 2 is 1.70 bits per heavy atom. The zero-order valence-corrected chi connectivity index (χ0v) is 13.7. The monoisotopic (exact) mass is 394 g/mol. The van der Waals surface area contributed by atoms with Gasteiger partial charge >= 0.3 is 5.69 Å². The first-order valence-corrected chi connectivity index (χ1v) is 7.93. The highest BCUT2D eigenvalue weighted by Crippen LogP contribution is 2.28. The van der Waals surface area contributed by atoms with Crippen LogP contribution in [0.2, 0.25) is 0 Å². The van der Waals surface area contributed by atoms with E-state index in [4.69, 9.17) is 0 Å². The third-order valence-corrected chi connectivity index (χ3v) is 4.61. The van der Waals surface area contributed by atoms with E-state index in [1.165, 1.54) is 5.56 Å². The number of aromatic amines is 2. The molecule has 3 nitrogen and oxygen atoms in total. The Bertz CT molecular complexity index is 789. The van der Waals surface area contributed by atoms with E-state index < -0.39 is 0 Å². The molecular weight excluding hydrogens is 384 g/mol. The van der Waals surface area contributed by atoms with Crippen molar-refractivity contribution in [2.24, 2.45) is 0 Å². The number of hydrogen-bond donors (Lipinski definition) is 2. The Kier molecular flexibility index (Phi) is 3.81. The predicted octanol–water partition coefficient (Wildman–Crippen LogP) is 4.30. The SMILES string of the molecule is O=c1[nH]c2ccc(C(Br)Cc3ccc(Br)cc3)cc2[nH]1. The minimum atomic E-state index is -0.170. The standard InChI is InChI=1S/C15H12Br2N2O/c16-11-4-1-9(2-5-11)7-12(17)10-3-6-13-14(8-10)19-15(20)18-13/h1-6,8,12H,7H2,(H2,18,19,20). The Morgan fingerprint density at radius 1 is 1.00 bits per heavy atom. The summed E-state index contributed by atoms with van der Waals surface area (Å²) in [5.41, 5.74) is 3.92. The number of rotatable bonds is 3. The van der Waals surface area contributed by atoms with Gasteiger partial charge in [0.05, 0.1) is 11.0 Å². The second kappa shape index (κ2) is 5.58. The number of nitrogens with one attached hydrogen (secondary N) is 2. The van der Waals surface area contributed by atoms with Crippen LogP contribution in [0, 0.1) is 0 Å². The maximum Gasteiger partial charge on any atom is 0.323 e. The second-order valence-corrected chi connectivity index (χ2v) is 6.70. The molecule has 1 unspecified atom stereocenters. The molecule has 5 heteroatoms. The normalized spacial score (nSPS) is 12.7. The van der Waals surface area contributed by atoms with Crippen molar-refractivity contribution in [2.45, 2.75) is 11.2 Å². The zero-order valence-electron chi connectivity index (χ0n) is 10.5. The van der Waals surface area contributed by atoms with Gasteiger partial charge in [0.2, 0.25) is 0 Å². The van der Waals surface area contributed by atoms with E-state index in [0.717, 1.165) is 27.5 Å². The largest absolute Gasteiger partial charge is 0.323 e. The van der Waals surface area contributed by atoms with Crippen molar-refractivity contribution in [2.75, 3.05) is 0 Å². The third kappa shape index (κ3) is 2.88. The molecule has 1 aromatic heterocycles. The van der Waals surface area contributed by atoms with Gasteiger partial charge in [0, 0.05) is 9.30 Å². The summed E-state index contributed by atoms with van der Waals surface area (Å²) >= 11 is 7.16. The topological polar surface area (TPSA) is 48.6 Å². The molecule has 2 aromatic carbocycles. The Hall–Kier alpha value is -1.33. The summed E-state index contributed by atoms with van der Waals surface area (Å²) in [4.78, 5) is 17.0. The Labute approximate surface area is 132 Å². The highest BCUT2D eigenvalue weighted by Gasteiger charge is 2.10. The van der Waals surface area contributed by atoms with E-state index in [9.17, 15) is 4.79 Å². The molecular formula is C15H12Br2N2O. The van der Waals surface area contributed by atoms with Crippen LogP contribution in [0.4, 0.5) is 0 Å². The molecule has 0 aliphatic rings. The average Bonchev–Trinajstić information content (AvgIpc) is 2.80. The minimum absolute atomic E-state index is 0.170. The molecule has 0 saturated carbocycles. The fraction of sp³-hybridized carbons (Fsp3) is 0.133. The van der Waals surface area contributed by atoms with Crippen LogP contribution in [0.5, 0.6) is 0 Å². The van der Waals surface area contributed by atoms with Crippen LogP contribution in [-0.4, -0.2) is 9.97 Å². The fourth-order valence-corrected chi connectivity index (χ4v) is 3.11. The molecule has 1 atom stereocenters. The van der Waals surface area contributed by atoms with Gasteiger partial charge in [-0.15, -0.1) is 0 Å². The lowest BCUT2D eigenvalue weighted by molar-refractivity contribution is 0.950. The third-order valence-electron chi connectivity index (χ3n) is 3.23. The average molecular weight is 396 g/mol. The highest BCUT2D eigenvalue weighted by atomic mass is 79.9. The van der Waals surface area contributed by atoms with Crippen LogP contribution >= 0.6 is 31.9 Å². The van der Waals surface area contributed by atoms with Crippen LogP contribution < -0.4 is 5.69 Å². The van der Waals surface area contributed by atoms with Crippen molar-refractivity contribution in [3.63, 3.8) is 0 Å².